The highest BCUT2D eigenvalue weighted by atomic mass is 15.2. The molecular weight excluding hydrogens is 260 g/mol. The number of aromatic amines is 1. The quantitative estimate of drug-likeness (QED) is 0.771. The molecule has 1 heterocycles. The van der Waals surface area contributed by atoms with Crippen molar-refractivity contribution < 1.29 is 0 Å². The van der Waals surface area contributed by atoms with Crippen LogP contribution in [-0.4, -0.2) is 15.2 Å². The second kappa shape index (κ2) is 5.89. The van der Waals surface area contributed by atoms with Crippen LogP contribution < -0.4 is 5.73 Å². The lowest BCUT2D eigenvalue weighted by Gasteiger charge is -2.15. The molecule has 3 rings (SSSR count). The summed E-state index contributed by atoms with van der Waals surface area (Å²) in [5.41, 5.74) is 8.21. The summed E-state index contributed by atoms with van der Waals surface area (Å²) in [6.45, 7) is 1.88. The highest BCUT2D eigenvalue weighted by molar-refractivity contribution is 5.38. The molecule has 1 unspecified atom stereocenters. The summed E-state index contributed by atoms with van der Waals surface area (Å²) in [5, 5.41) is 7.27. The molecule has 0 aliphatic carbocycles. The fourth-order valence-electron chi connectivity index (χ4n) is 2.42. The summed E-state index contributed by atoms with van der Waals surface area (Å²) in [4.78, 5) is 4.57. The molecule has 0 fully saturated rings. The second-order valence-corrected chi connectivity index (χ2v) is 5.12. The number of rotatable bonds is 4. The Morgan fingerprint density at radius 2 is 1.43 bits per heavy atom. The van der Waals surface area contributed by atoms with Crippen LogP contribution in [0.15, 0.2) is 60.7 Å². The van der Waals surface area contributed by atoms with Crippen LogP contribution >= 0.6 is 0 Å². The van der Waals surface area contributed by atoms with Crippen LogP contribution in [0.2, 0.25) is 0 Å². The first-order valence-corrected chi connectivity index (χ1v) is 7.03. The van der Waals surface area contributed by atoms with Crippen molar-refractivity contribution in [1.82, 2.24) is 15.2 Å². The molecule has 1 aromatic heterocycles. The third-order valence-corrected chi connectivity index (χ3v) is 3.47. The van der Waals surface area contributed by atoms with Crippen molar-refractivity contribution in [2.75, 3.05) is 0 Å². The zero-order valence-electron chi connectivity index (χ0n) is 11.9. The molecule has 0 bridgehead atoms. The molecule has 21 heavy (non-hydrogen) atoms. The Labute approximate surface area is 124 Å². The van der Waals surface area contributed by atoms with E-state index < -0.39 is 0 Å². The fourth-order valence-corrected chi connectivity index (χ4v) is 2.42. The predicted molar refractivity (Wildman–Crippen MR) is 82.8 cm³/mol. The van der Waals surface area contributed by atoms with Gasteiger partial charge in [0.05, 0.1) is 12.0 Å². The van der Waals surface area contributed by atoms with Gasteiger partial charge < -0.3 is 5.73 Å². The maximum atomic E-state index is 5.86. The largest absolute Gasteiger partial charge is 0.321 e. The fraction of sp³-hybridized carbons (Fsp3) is 0.176. The van der Waals surface area contributed by atoms with E-state index in [1.165, 1.54) is 11.1 Å². The van der Waals surface area contributed by atoms with Gasteiger partial charge in [0, 0.05) is 0 Å². The van der Waals surface area contributed by atoms with E-state index in [1.807, 2.05) is 43.3 Å². The van der Waals surface area contributed by atoms with Gasteiger partial charge in [-0.2, -0.15) is 5.10 Å². The van der Waals surface area contributed by atoms with Crippen LogP contribution in [0.25, 0.3) is 0 Å². The van der Waals surface area contributed by atoms with Gasteiger partial charge >= 0.3 is 0 Å². The first-order chi connectivity index (χ1) is 10.3. The monoisotopic (exact) mass is 278 g/mol. The minimum atomic E-state index is -0.179. The van der Waals surface area contributed by atoms with Crippen molar-refractivity contribution in [1.29, 1.82) is 0 Å². The lowest BCUT2D eigenvalue weighted by molar-refractivity contribution is 0.744. The lowest BCUT2D eigenvalue weighted by Crippen LogP contribution is -2.08. The van der Waals surface area contributed by atoms with E-state index in [9.17, 15) is 0 Å². The van der Waals surface area contributed by atoms with Crippen LogP contribution in [0.5, 0.6) is 0 Å². The third-order valence-electron chi connectivity index (χ3n) is 3.47. The summed E-state index contributed by atoms with van der Waals surface area (Å²) < 4.78 is 0. The minimum Gasteiger partial charge on any atom is -0.321 e. The Hall–Kier alpha value is -2.46. The molecule has 106 valence electrons. The molecule has 0 aliphatic rings. The summed E-state index contributed by atoms with van der Waals surface area (Å²) in [6, 6.07) is 20.4. The number of aromatic nitrogens is 3. The maximum absolute atomic E-state index is 5.86. The smallest absolute Gasteiger partial charge is 0.167 e. The summed E-state index contributed by atoms with van der Waals surface area (Å²) in [5.74, 6) is 1.49. The van der Waals surface area contributed by atoms with Crippen LogP contribution in [0.1, 0.15) is 41.7 Å². The van der Waals surface area contributed by atoms with Crippen molar-refractivity contribution >= 4 is 0 Å². The molecule has 0 amide bonds. The number of nitrogens with one attached hydrogen (secondary N) is 1. The van der Waals surface area contributed by atoms with E-state index in [0.29, 0.717) is 5.82 Å². The van der Waals surface area contributed by atoms with Gasteiger partial charge in [0.1, 0.15) is 5.82 Å². The highest BCUT2D eigenvalue weighted by Crippen LogP contribution is 2.29. The summed E-state index contributed by atoms with van der Waals surface area (Å²) in [6.07, 6.45) is 0. The normalized spacial score (nSPS) is 12.5. The maximum Gasteiger partial charge on any atom is 0.167 e. The molecule has 4 nitrogen and oxygen atoms in total. The number of benzene rings is 2. The Bertz CT molecular complexity index is 650. The zero-order chi connectivity index (χ0) is 14.7. The van der Waals surface area contributed by atoms with Crippen molar-refractivity contribution in [2.45, 2.75) is 18.9 Å². The van der Waals surface area contributed by atoms with Crippen LogP contribution in [0.4, 0.5) is 0 Å². The molecule has 2 aromatic carbocycles. The second-order valence-electron chi connectivity index (χ2n) is 5.12. The molecule has 0 radical (unpaired) electrons. The summed E-state index contributed by atoms with van der Waals surface area (Å²) >= 11 is 0. The molecule has 0 spiro atoms. The van der Waals surface area contributed by atoms with E-state index in [2.05, 4.69) is 39.4 Å². The van der Waals surface area contributed by atoms with Crippen molar-refractivity contribution in [3.8, 4) is 0 Å². The number of hydrogen-bond acceptors (Lipinski definition) is 3. The molecule has 3 aromatic rings. The average molecular weight is 278 g/mol. The molecule has 3 N–H and O–H groups in total. The van der Waals surface area contributed by atoms with Crippen LogP contribution in [-0.2, 0) is 0 Å². The van der Waals surface area contributed by atoms with Gasteiger partial charge in [0.25, 0.3) is 0 Å². The molecule has 0 aliphatic heterocycles. The van der Waals surface area contributed by atoms with Crippen molar-refractivity contribution in [3.05, 3.63) is 83.4 Å². The van der Waals surface area contributed by atoms with Gasteiger partial charge in [-0.25, -0.2) is 4.98 Å². The molecular formula is C17H18N4. The minimum absolute atomic E-state index is 0.0346. The number of nitrogens with two attached hydrogens (primary N) is 1. The highest BCUT2D eigenvalue weighted by Gasteiger charge is 2.21. The first kappa shape index (κ1) is 13.5. The SMILES string of the molecule is CC(N)c1n[nH]c(C(c2ccccc2)c2ccccc2)n1. The first-order valence-electron chi connectivity index (χ1n) is 7.03. The molecule has 1 atom stereocenters. The van der Waals surface area contributed by atoms with Crippen molar-refractivity contribution in [2.24, 2.45) is 5.73 Å². The van der Waals surface area contributed by atoms with Crippen LogP contribution in [0, 0.1) is 0 Å². The lowest BCUT2D eigenvalue weighted by atomic mass is 9.91. The Kier molecular flexibility index (Phi) is 3.79. The van der Waals surface area contributed by atoms with Gasteiger partial charge in [0.2, 0.25) is 0 Å². The zero-order valence-corrected chi connectivity index (χ0v) is 11.9. The Morgan fingerprint density at radius 1 is 0.905 bits per heavy atom. The number of nitrogens with zero attached hydrogens (tertiary/aromatic N) is 2. The van der Waals surface area contributed by atoms with Gasteiger partial charge in [0.15, 0.2) is 5.82 Å². The Morgan fingerprint density at radius 3 is 1.86 bits per heavy atom. The van der Waals surface area contributed by atoms with Gasteiger partial charge in [-0.05, 0) is 18.1 Å². The third kappa shape index (κ3) is 2.85. The number of hydrogen-bond donors (Lipinski definition) is 2. The van der Waals surface area contributed by atoms with E-state index in [4.69, 9.17) is 5.73 Å². The topological polar surface area (TPSA) is 67.6 Å². The number of H-pyrrole nitrogens is 1. The van der Waals surface area contributed by atoms with E-state index in [0.717, 1.165) is 5.82 Å². The predicted octanol–water partition coefficient (Wildman–Crippen LogP) is 3.00. The van der Waals surface area contributed by atoms with Gasteiger partial charge in [-0.15, -0.1) is 0 Å². The summed E-state index contributed by atoms with van der Waals surface area (Å²) in [7, 11) is 0. The Balaban J connectivity index is 2.08. The van der Waals surface area contributed by atoms with Gasteiger partial charge in [-0.3, -0.25) is 5.10 Å². The van der Waals surface area contributed by atoms with E-state index >= 15 is 0 Å². The van der Waals surface area contributed by atoms with Gasteiger partial charge in [-0.1, -0.05) is 60.7 Å². The van der Waals surface area contributed by atoms with Crippen molar-refractivity contribution in [3.63, 3.8) is 0 Å². The van der Waals surface area contributed by atoms with Crippen LogP contribution in [0.3, 0.4) is 0 Å². The van der Waals surface area contributed by atoms with E-state index in [1.54, 1.807) is 0 Å². The van der Waals surface area contributed by atoms with E-state index in [-0.39, 0.29) is 12.0 Å². The standard InChI is InChI=1S/C17H18N4/c1-12(18)16-19-17(21-20-16)15(13-8-4-2-5-9-13)14-10-6-3-7-11-14/h2-12,15H,18H2,1H3,(H,19,20,21). The molecule has 0 saturated heterocycles. The average Bonchev–Trinajstić information content (AvgIpc) is 3.00. The molecule has 0 saturated carbocycles. The molecule has 4 heteroatoms.